The van der Waals surface area contributed by atoms with Crippen LogP contribution >= 0.6 is 0 Å². The maximum atomic E-state index is 11.2. The third-order valence-electron chi connectivity index (χ3n) is 9.15. The first-order valence-electron chi connectivity index (χ1n) is 21.0. The van der Waals surface area contributed by atoms with Gasteiger partial charge in [0.2, 0.25) is 0 Å². The van der Waals surface area contributed by atoms with Crippen molar-refractivity contribution in [2.24, 2.45) is 0 Å². The molecule has 0 N–H and O–H groups in total. The summed E-state index contributed by atoms with van der Waals surface area (Å²) in [4.78, 5) is 22.4. The van der Waals surface area contributed by atoms with Gasteiger partial charge in [0.05, 0.1) is 13.2 Å². The Hall–Kier alpha value is 0.263. The van der Waals surface area contributed by atoms with Crippen LogP contribution in [-0.2, 0) is 63.8 Å². The molecule has 2 atom stereocenters. The van der Waals surface area contributed by atoms with Crippen molar-refractivity contribution in [2.45, 2.75) is 244 Å². The third-order valence-corrected chi connectivity index (χ3v) is 9.53. The van der Waals surface area contributed by atoms with Crippen LogP contribution in [0.1, 0.15) is 233 Å². The van der Waals surface area contributed by atoms with Crippen LogP contribution in [-0.4, -0.2) is 35.7 Å². The first-order valence-corrected chi connectivity index (χ1v) is 22.0. The van der Waals surface area contributed by atoms with Gasteiger partial charge in [-0.2, -0.15) is 0 Å². The van der Waals surface area contributed by atoms with Crippen molar-refractivity contribution in [2.75, 3.05) is 13.2 Å². The summed E-state index contributed by atoms with van der Waals surface area (Å²) < 4.78 is 10.2. The van der Waals surface area contributed by atoms with Crippen molar-refractivity contribution < 1.29 is 38.5 Å². The first kappa shape index (κ1) is 53.6. The van der Waals surface area contributed by atoms with E-state index in [0.717, 1.165) is 25.7 Å². The van der Waals surface area contributed by atoms with Crippen molar-refractivity contribution >= 4 is 37.2 Å². The Morgan fingerprint density at radius 1 is 0.367 bits per heavy atom. The van der Waals surface area contributed by atoms with Crippen molar-refractivity contribution in [1.29, 1.82) is 0 Å². The van der Waals surface area contributed by atoms with Gasteiger partial charge in [0.25, 0.3) is 11.9 Å². The number of carbonyl (C=O) groups excluding carboxylic acids is 2. The zero-order valence-corrected chi connectivity index (χ0v) is 38.0. The van der Waals surface area contributed by atoms with Gasteiger partial charge in [0.15, 0.2) is 0 Å². The molecule has 0 fully saturated rings. The Bertz CT molecular complexity index is 594. The fourth-order valence-corrected chi connectivity index (χ4v) is 6.02. The van der Waals surface area contributed by atoms with Crippen molar-refractivity contribution in [3.63, 3.8) is 0 Å². The van der Waals surface area contributed by atoms with Crippen LogP contribution in [0.2, 0.25) is 0 Å². The van der Waals surface area contributed by atoms with E-state index in [1.165, 1.54) is 180 Å². The molecule has 0 radical (unpaired) electrons. The van der Waals surface area contributed by atoms with Gasteiger partial charge in [0.1, 0.15) is 0 Å². The summed E-state index contributed by atoms with van der Waals surface area (Å²) >= 11 is 9.68. The number of ether oxygens (including phenoxy) is 2. The van der Waals surface area contributed by atoms with Gasteiger partial charge in [-0.15, -0.1) is 0 Å². The maximum absolute atomic E-state index is 11.2. The Morgan fingerprint density at radius 3 is 0.694 bits per heavy atom. The molecule has 288 valence electrons. The minimum absolute atomic E-state index is 0. The Kier molecular flexibility index (Phi) is 50.6. The molecule has 7 heteroatoms. The number of esters is 2. The molecule has 0 saturated carbocycles. The van der Waals surface area contributed by atoms with E-state index in [-0.39, 0.29) is 31.4 Å². The summed E-state index contributed by atoms with van der Waals surface area (Å²) in [6.07, 6.45) is 43.4. The monoisotopic (exact) mass is 778 g/mol. The average Bonchev–Trinajstić information content (AvgIpc) is 3.07. The van der Waals surface area contributed by atoms with Gasteiger partial charge in [-0.3, -0.25) is 9.59 Å². The van der Waals surface area contributed by atoms with E-state index in [0.29, 0.717) is 13.2 Å². The summed E-state index contributed by atoms with van der Waals surface area (Å²) in [5.74, 6) is -0.489. The SMILES string of the molecule is CCCCCCCCCCCCCCCCCCOC(=O)C(C)[S-].CCCCCCCCCCCCCCCCCCOC(=O)C(C)[S-].[Zn+2]. The molecule has 2 unspecified atom stereocenters. The summed E-state index contributed by atoms with van der Waals surface area (Å²) in [6.45, 7) is 9.04. The van der Waals surface area contributed by atoms with Crippen LogP contribution < -0.4 is 0 Å². The van der Waals surface area contributed by atoms with Crippen molar-refractivity contribution in [3.05, 3.63) is 0 Å². The maximum Gasteiger partial charge on any atom is 2.00 e. The molecule has 0 rings (SSSR count). The smallest absolute Gasteiger partial charge is 0.778 e. The van der Waals surface area contributed by atoms with Crippen LogP contribution in [0.3, 0.4) is 0 Å². The van der Waals surface area contributed by atoms with Crippen LogP contribution in [0.4, 0.5) is 0 Å². The van der Waals surface area contributed by atoms with E-state index in [1.54, 1.807) is 13.8 Å². The van der Waals surface area contributed by atoms with Crippen LogP contribution in [0, 0.1) is 0 Å². The second kappa shape index (κ2) is 46.3. The number of unbranched alkanes of at least 4 members (excludes halogenated alkanes) is 30. The number of carbonyl (C=O) groups is 2. The largest absolute Gasteiger partial charge is 2.00 e. The molecule has 4 nitrogen and oxygen atoms in total. The molecule has 0 aliphatic carbocycles. The molecule has 0 aromatic heterocycles. The molecule has 0 aliphatic rings. The summed E-state index contributed by atoms with van der Waals surface area (Å²) in [5.41, 5.74) is 0. The molecule has 0 aromatic carbocycles. The second-order valence-electron chi connectivity index (χ2n) is 14.2. The van der Waals surface area contributed by atoms with Crippen molar-refractivity contribution in [1.82, 2.24) is 0 Å². The summed E-state index contributed by atoms with van der Waals surface area (Å²) in [7, 11) is 0. The van der Waals surface area contributed by atoms with Gasteiger partial charge in [-0.25, -0.2) is 0 Å². The standard InChI is InChI=1S/2C21H42O2S.Zn/c2*1-3-4-5-6-7-8-9-10-11-12-13-14-15-16-17-18-19-23-21(22)20(2)24;/h2*20,24H,3-19H2,1-2H3;/q;;+2/p-2. The van der Waals surface area contributed by atoms with Gasteiger partial charge >= 0.3 is 19.5 Å². The van der Waals surface area contributed by atoms with Gasteiger partial charge < -0.3 is 34.7 Å². The fourth-order valence-electron chi connectivity index (χ4n) is 5.88. The molecule has 0 heterocycles. The Morgan fingerprint density at radius 2 is 0.531 bits per heavy atom. The number of hydrogen-bond acceptors (Lipinski definition) is 6. The van der Waals surface area contributed by atoms with E-state index < -0.39 is 10.5 Å². The quantitative estimate of drug-likeness (QED) is 0.0273. The normalized spacial score (nSPS) is 12.0. The molecular formula is C42H82O4S2Zn. The predicted octanol–water partition coefficient (Wildman–Crippen LogP) is 13.5. The molecule has 0 aliphatic heterocycles. The van der Waals surface area contributed by atoms with E-state index in [2.05, 4.69) is 13.8 Å². The summed E-state index contributed by atoms with van der Waals surface area (Å²) in [5, 5.41) is -0.822. The molecule has 0 aromatic rings. The fraction of sp³-hybridized carbons (Fsp3) is 0.952. The molecule has 0 bridgehead atoms. The predicted molar refractivity (Wildman–Crippen MR) is 215 cm³/mol. The van der Waals surface area contributed by atoms with Crippen molar-refractivity contribution in [3.8, 4) is 0 Å². The van der Waals surface area contributed by atoms with Crippen LogP contribution in [0.25, 0.3) is 0 Å². The van der Waals surface area contributed by atoms with E-state index in [9.17, 15) is 9.59 Å². The molecular weight excluding hydrogens is 698 g/mol. The van der Waals surface area contributed by atoms with E-state index in [1.807, 2.05) is 0 Å². The van der Waals surface area contributed by atoms with Gasteiger partial charge in [-0.1, -0.05) is 231 Å². The minimum atomic E-state index is -0.411. The molecule has 0 spiro atoms. The van der Waals surface area contributed by atoms with Gasteiger partial charge in [0, 0.05) is 0 Å². The molecule has 49 heavy (non-hydrogen) atoms. The summed E-state index contributed by atoms with van der Waals surface area (Å²) in [6, 6.07) is 0. The zero-order valence-electron chi connectivity index (χ0n) is 33.4. The minimum Gasteiger partial charge on any atom is -0.778 e. The second-order valence-corrected chi connectivity index (χ2v) is 15.6. The zero-order chi connectivity index (χ0) is 35.8. The first-order chi connectivity index (χ1) is 23.4. The molecule has 0 saturated heterocycles. The molecule has 0 amide bonds. The average molecular weight is 781 g/mol. The van der Waals surface area contributed by atoms with Crippen LogP contribution in [0.5, 0.6) is 0 Å². The topological polar surface area (TPSA) is 52.6 Å². The Balaban J connectivity index is -0.000000846. The van der Waals surface area contributed by atoms with E-state index >= 15 is 0 Å². The number of hydrogen-bond donors (Lipinski definition) is 0. The Labute approximate surface area is 330 Å². The number of rotatable bonds is 36. The van der Waals surface area contributed by atoms with E-state index in [4.69, 9.17) is 34.7 Å². The third kappa shape index (κ3) is 48.3. The van der Waals surface area contributed by atoms with Crippen LogP contribution in [0.15, 0.2) is 0 Å². The van der Waals surface area contributed by atoms with Gasteiger partial charge in [-0.05, 0) is 12.8 Å².